The first-order valence-electron chi connectivity index (χ1n) is 6.86. The Bertz CT molecular complexity index is 977. The molecule has 0 aliphatic carbocycles. The lowest BCUT2D eigenvalue weighted by Crippen LogP contribution is -2.35. The number of aromatic amines is 1. The number of benzene rings is 1. The Morgan fingerprint density at radius 3 is 2.32 bits per heavy atom. The average Bonchev–Trinajstić information content (AvgIpc) is 2.84. The second kappa shape index (κ2) is 5.53. The van der Waals surface area contributed by atoms with Crippen LogP contribution in [0.25, 0.3) is 11.2 Å². The number of fused-ring (bicyclic) bond motifs is 1. The van der Waals surface area contributed by atoms with E-state index in [9.17, 15) is 26.7 Å². The predicted octanol–water partition coefficient (Wildman–Crippen LogP) is 2.40. The van der Waals surface area contributed by atoms with Crippen molar-refractivity contribution in [1.82, 2.24) is 19.5 Å². The number of aromatic nitrogens is 4. The number of imidazole rings is 1. The number of rotatable bonds is 3. The molecule has 0 fully saturated rings. The van der Waals surface area contributed by atoms with Crippen LogP contribution in [-0.4, -0.2) is 25.7 Å². The zero-order valence-corrected chi connectivity index (χ0v) is 12.3. The first kappa shape index (κ1) is 16.9. The normalized spacial score (nSPS) is 12.7. The number of hydrogen-bond donors (Lipinski definition) is 2. The minimum atomic E-state index is -5.89. The highest BCUT2D eigenvalue weighted by Crippen LogP contribution is 2.42. The summed E-state index contributed by atoms with van der Waals surface area (Å²) in [5.41, 5.74) is 4.66. The van der Waals surface area contributed by atoms with Gasteiger partial charge in [0.2, 0.25) is 5.82 Å². The number of nitrogens with zero attached hydrogens (tertiary/aromatic N) is 3. The van der Waals surface area contributed by atoms with Crippen molar-refractivity contribution in [2.45, 2.75) is 18.6 Å². The lowest BCUT2D eigenvalue weighted by atomic mass is 10.2. The number of halogens is 5. The summed E-state index contributed by atoms with van der Waals surface area (Å²) in [4.78, 5) is 20.6. The van der Waals surface area contributed by atoms with Gasteiger partial charge in [0.25, 0.3) is 0 Å². The second-order valence-corrected chi connectivity index (χ2v) is 5.21. The maximum absolute atomic E-state index is 13.5. The Balaban J connectivity index is 2.20. The first-order chi connectivity index (χ1) is 11.6. The largest absolute Gasteiger partial charge is 0.461 e. The van der Waals surface area contributed by atoms with Gasteiger partial charge in [-0.25, -0.2) is 14.8 Å². The summed E-state index contributed by atoms with van der Waals surface area (Å²) in [7, 11) is 0. The van der Waals surface area contributed by atoms with E-state index >= 15 is 0 Å². The molecule has 0 unspecified atom stereocenters. The minimum absolute atomic E-state index is 0.0901. The molecule has 0 saturated carbocycles. The van der Waals surface area contributed by atoms with E-state index in [0.29, 0.717) is 5.56 Å². The molecule has 3 N–H and O–H groups in total. The molecule has 0 aliphatic heterocycles. The zero-order valence-electron chi connectivity index (χ0n) is 12.3. The van der Waals surface area contributed by atoms with Gasteiger partial charge >= 0.3 is 17.8 Å². The van der Waals surface area contributed by atoms with E-state index < -0.39 is 35.1 Å². The van der Waals surface area contributed by atoms with Gasteiger partial charge in [-0.1, -0.05) is 30.3 Å². The summed E-state index contributed by atoms with van der Waals surface area (Å²) in [5, 5.41) is 0. The van der Waals surface area contributed by atoms with Crippen LogP contribution in [0.15, 0.2) is 35.1 Å². The molecule has 0 aliphatic rings. The molecular formula is C14H10F5N5O. The fourth-order valence-corrected chi connectivity index (χ4v) is 2.23. The maximum atomic E-state index is 13.5. The van der Waals surface area contributed by atoms with Gasteiger partial charge in [0, 0.05) is 0 Å². The fraction of sp³-hybridized carbons (Fsp3) is 0.214. The van der Waals surface area contributed by atoms with Crippen LogP contribution >= 0.6 is 0 Å². The molecule has 2 aromatic heterocycles. The summed E-state index contributed by atoms with van der Waals surface area (Å²) in [6, 6.07) is 8.40. The van der Waals surface area contributed by atoms with Crippen LogP contribution in [0.1, 0.15) is 11.4 Å². The number of nitrogen functional groups attached to an aromatic ring is 1. The molecule has 132 valence electrons. The fourth-order valence-electron chi connectivity index (χ4n) is 2.23. The van der Waals surface area contributed by atoms with E-state index in [-0.39, 0.29) is 12.1 Å². The number of alkyl halides is 5. The van der Waals surface area contributed by atoms with Crippen molar-refractivity contribution in [3.63, 3.8) is 0 Å². The average molecular weight is 359 g/mol. The van der Waals surface area contributed by atoms with E-state index in [1.807, 2.05) is 0 Å². The van der Waals surface area contributed by atoms with Gasteiger partial charge in [0.05, 0.1) is 6.54 Å². The van der Waals surface area contributed by atoms with E-state index in [1.165, 1.54) is 0 Å². The van der Waals surface area contributed by atoms with Crippen LogP contribution in [-0.2, 0) is 12.5 Å². The molecule has 1 aromatic carbocycles. The lowest BCUT2D eigenvalue weighted by molar-refractivity contribution is -0.292. The summed E-state index contributed by atoms with van der Waals surface area (Å²) in [6.45, 7) is -0.0901. The van der Waals surface area contributed by atoms with Gasteiger partial charge in [-0.2, -0.15) is 22.0 Å². The smallest absolute Gasteiger partial charge is 0.382 e. The van der Waals surface area contributed by atoms with Crippen molar-refractivity contribution >= 4 is 17.0 Å². The molecule has 0 bridgehead atoms. The molecule has 2 heterocycles. The third kappa shape index (κ3) is 2.81. The summed E-state index contributed by atoms with van der Waals surface area (Å²) >= 11 is 0. The van der Waals surface area contributed by atoms with Gasteiger partial charge < -0.3 is 10.7 Å². The van der Waals surface area contributed by atoms with E-state index in [2.05, 4.69) is 15.0 Å². The molecule has 0 atom stereocenters. The van der Waals surface area contributed by atoms with E-state index in [4.69, 9.17) is 5.73 Å². The highest BCUT2D eigenvalue weighted by atomic mass is 19.4. The van der Waals surface area contributed by atoms with Crippen molar-refractivity contribution < 1.29 is 22.0 Å². The van der Waals surface area contributed by atoms with Gasteiger partial charge in [0.1, 0.15) is 5.52 Å². The Hall–Kier alpha value is -2.98. The third-order valence-corrected chi connectivity index (χ3v) is 3.47. The van der Waals surface area contributed by atoms with Gasteiger partial charge in [-0.05, 0) is 5.56 Å². The number of nitrogens with one attached hydrogen (secondary N) is 1. The number of anilines is 1. The SMILES string of the molecule is Nc1nc(C(F)(F)C(F)(F)F)nc2c1[nH]c(=O)n2Cc1ccccc1. The number of H-pyrrole nitrogens is 1. The quantitative estimate of drug-likeness (QED) is 0.703. The molecule has 0 spiro atoms. The first-order valence-corrected chi connectivity index (χ1v) is 6.86. The molecule has 3 aromatic rings. The monoisotopic (exact) mass is 359 g/mol. The second-order valence-electron chi connectivity index (χ2n) is 5.21. The summed E-state index contributed by atoms with van der Waals surface area (Å²) in [6.07, 6.45) is -5.89. The van der Waals surface area contributed by atoms with Crippen LogP contribution in [0.3, 0.4) is 0 Å². The van der Waals surface area contributed by atoms with Crippen LogP contribution in [0.2, 0.25) is 0 Å². The highest BCUT2D eigenvalue weighted by molar-refractivity contribution is 5.81. The summed E-state index contributed by atoms with van der Waals surface area (Å²) in [5.74, 6) is -7.79. The van der Waals surface area contributed by atoms with Crippen molar-refractivity contribution in [3.05, 3.63) is 52.2 Å². The topological polar surface area (TPSA) is 89.6 Å². The van der Waals surface area contributed by atoms with Crippen LogP contribution in [0.5, 0.6) is 0 Å². The molecule has 0 amide bonds. The third-order valence-electron chi connectivity index (χ3n) is 3.47. The molecule has 0 radical (unpaired) electrons. The molecule has 0 saturated heterocycles. The number of nitrogens with two attached hydrogens (primary N) is 1. The highest BCUT2D eigenvalue weighted by Gasteiger charge is 2.61. The molecule has 6 nitrogen and oxygen atoms in total. The van der Waals surface area contributed by atoms with Gasteiger partial charge in [0.15, 0.2) is 11.5 Å². The molecule has 25 heavy (non-hydrogen) atoms. The summed E-state index contributed by atoms with van der Waals surface area (Å²) < 4.78 is 65.7. The zero-order chi connectivity index (χ0) is 18.4. The van der Waals surface area contributed by atoms with Crippen LogP contribution in [0, 0.1) is 0 Å². The van der Waals surface area contributed by atoms with Crippen LogP contribution in [0.4, 0.5) is 27.8 Å². The van der Waals surface area contributed by atoms with Gasteiger partial charge in [-0.3, -0.25) is 4.57 Å². The predicted molar refractivity (Wildman–Crippen MR) is 78.1 cm³/mol. The Labute approximate surface area is 136 Å². The number of hydrogen-bond acceptors (Lipinski definition) is 4. The molecule has 11 heteroatoms. The van der Waals surface area contributed by atoms with Gasteiger partial charge in [-0.15, -0.1) is 0 Å². The maximum Gasteiger partial charge on any atom is 0.461 e. The molecular weight excluding hydrogens is 349 g/mol. The Morgan fingerprint density at radius 2 is 1.72 bits per heavy atom. The van der Waals surface area contributed by atoms with E-state index in [1.54, 1.807) is 30.3 Å². The van der Waals surface area contributed by atoms with Crippen molar-refractivity contribution in [1.29, 1.82) is 0 Å². The van der Waals surface area contributed by atoms with Crippen molar-refractivity contribution in [3.8, 4) is 0 Å². The lowest BCUT2D eigenvalue weighted by Gasteiger charge is -2.18. The van der Waals surface area contributed by atoms with Crippen molar-refractivity contribution in [2.75, 3.05) is 5.73 Å². The van der Waals surface area contributed by atoms with Crippen molar-refractivity contribution in [2.24, 2.45) is 0 Å². The minimum Gasteiger partial charge on any atom is -0.382 e. The van der Waals surface area contributed by atoms with E-state index in [0.717, 1.165) is 4.57 Å². The Morgan fingerprint density at radius 1 is 1.08 bits per heavy atom. The van der Waals surface area contributed by atoms with Crippen LogP contribution < -0.4 is 11.4 Å². The Kier molecular flexibility index (Phi) is 3.73. The molecule has 3 rings (SSSR count). The standard InChI is InChI=1S/C14H10F5N5O/c15-13(16,14(17,18)19)11-22-9(20)8-10(23-11)24(12(25)21-8)6-7-4-2-1-3-5-7/h1-5H,6H2,(H,21,25)(H2,20,22,23).